The Morgan fingerprint density at radius 1 is 1.15 bits per heavy atom. The molecule has 0 bridgehead atoms. The Balaban J connectivity index is 1.52. The van der Waals surface area contributed by atoms with Crippen LogP contribution in [0.15, 0.2) is 52.9 Å². The first-order chi connectivity index (χ1) is 12.6. The van der Waals surface area contributed by atoms with Gasteiger partial charge in [-0.05, 0) is 67.8 Å². The molecular weight excluding hydrogens is 326 g/mol. The van der Waals surface area contributed by atoms with Crippen molar-refractivity contribution in [3.8, 4) is 11.1 Å². The number of hydrogen-bond acceptors (Lipinski definition) is 3. The van der Waals surface area contributed by atoms with Crippen LogP contribution in [0.2, 0.25) is 0 Å². The number of carboxylic acid groups (broad SMARTS) is 1. The van der Waals surface area contributed by atoms with E-state index in [1.54, 1.807) is 12.1 Å². The van der Waals surface area contributed by atoms with Crippen molar-refractivity contribution in [1.29, 1.82) is 0 Å². The van der Waals surface area contributed by atoms with Crippen LogP contribution in [0.3, 0.4) is 0 Å². The van der Waals surface area contributed by atoms with Gasteiger partial charge in [-0.1, -0.05) is 18.2 Å². The van der Waals surface area contributed by atoms with E-state index in [9.17, 15) is 4.79 Å². The summed E-state index contributed by atoms with van der Waals surface area (Å²) in [6, 6.07) is 15.9. The van der Waals surface area contributed by atoms with Crippen molar-refractivity contribution in [3.63, 3.8) is 0 Å². The molecule has 1 aliphatic rings. The largest absolute Gasteiger partial charge is 0.478 e. The number of carbonyl (C=O) groups is 1. The summed E-state index contributed by atoms with van der Waals surface area (Å²) in [4.78, 5) is 13.5. The van der Waals surface area contributed by atoms with E-state index >= 15 is 0 Å². The maximum atomic E-state index is 11.0. The first-order valence-corrected chi connectivity index (χ1v) is 9.20. The second-order valence-corrected chi connectivity index (χ2v) is 7.13. The van der Waals surface area contributed by atoms with Crippen LogP contribution in [-0.2, 0) is 6.42 Å². The third-order valence-electron chi connectivity index (χ3n) is 5.37. The average Bonchev–Trinajstić information content (AvgIpc) is 3.24. The maximum absolute atomic E-state index is 11.0. The number of carboxylic acids is 1. The Bertz CT molecular complexity index is 926. The van der Waals surface area contributed by atoms with E-state index in [4.69, 9.17) is 9.52 Å². The van der Waals surface area contributed by atoms with Gasteiger partial charge in [0.2, 0.25) is 0 Å². The number of rotatable bonds is 5. The monoisotopic (exact) mass is 349 g/mol. The topological polar surface area (TPSA) is 53.7 Å². The van der Waals surface area contributed by atoms with Crippen LogP contribution < -0.4 is 0 Å². The molecule has 4 nitrogen and oxygen atoms in total. The number of furan rings is 1. The van der Waals surface area contributed by atoms with E-state index in [0.29, 0.717) is 11.6 Å². The highest BCUT2D eigenvalue weighted by Crippen LogP contribution is 2.27. The molecule has 4 rings (SSSR count). The summed E-state index contributed by atoms with van der Waals surface area (Å²) in [6.07, 6.45) is 3.52. The molecule has 0 saturated carbocycles. The van der Waals surface area contributed by atoms with Crippen LogP contribution >= 0.6 is 0 Å². The molecule has 2 aromatic carbocycles. The third-order valence-corrected chi connectivity index (χ3v) is 5.37. The standard InChI is InChI=1S/C22H23NO3/c1-15-3-2-11-23(15)12-10-20-14-19-13-18(8-9-21(19)26-20)16-4-6-17(7-5-16)22(24)25/h4-9,13-15H,2-3,10-12H2,1H3,(H,24,25). The lowest BCUT2D eigenvalue weighted by Gasteiger charge is -2.19. The molecule has 3 aromatic rings. The number of hydrogen-bond donors (Lipinski definition) is 1. The van der Waals surface area contributed by atoms with Gasteiger partial charge in [-0.25, -0.2) is 4.79 Å². The number of nitrogens with zero attached hydrogens (tertiary/aromatic N) is 1. The fourth-order valence-electron chi connectivity index (χ4n) is 3.79. The minimum Gasteiger partial charge on any atom is -0.478 e. The zero-order valence-corrected chi connectivity index (χ0v) is 14.9. The molecule has 0 aliphatic carbocycles. The van der Waals surface area contributed by atoms with Gasteiger partial charge in [-0.3, -0.25) is 0 Å². The van der Waals surface area contributed by atoms with E-state index in [1.807, 2.05) is 24.3 Å². The van der Waals surface area contributed by atoms with Gasteiger partial charge in [0.1, 0.15) is 11.3 Å². The minimum absolute atomic E-state index is 0.302. The van der Waals surface area contributed by atoms with E-state index in [0.717, 1.165) is 40.8 Å². The Kier molecular flexibility index (Phi) is 4.51. The second-order valence-electron chi connectivity index (χ2n) is 7.13. The fraction of sp³-hybridized carbons (Fsp3) is 0.318. The molecule has 1 N–H and O–H groups in total. The lowest BCUT2D eigenvalue weighted by Crippen LogP contribution is -2.28. The molecule has 1 aliphatic heterocycles. The molecule has 1 saturated heterocycles. The highest BCUT2D eigenvalue weighted by atomic mass is 16.4. The van der Waals surface area contributed by atoms with Gasteiger partial charge in [-0.2, -0.15) is 0 Å². The van der Waals surface area contributed by atoms with Crippen molar-refractivity contribution in [3.05, 3.63) is 59.9 Å². The molecule has 1 atom stereocenters. The third kappa shape index (κ3) is 3.37. The van der Waals surface area contributed by atoms with Crippen molar-refractivity contribution in [2.45, 2.75) is 32.2 Å². The van der Waals surface area contributed by atoms with E-state index in [2.05, 4.69) is 24.0 Å². The first-order valence-electron chi connectivity index (χ1n) is 9.20. The summed E-state index contributed by atoms with van der Waals surface area (Å²) in [6.45, 7) is 4.54. The molecule has 2 heterocycles. The molecule has 26 heavy (non-hydrogen) atoms. The number of aromatic carboxylic acids is 1. The van der Waals surface area contributed by atoms with E-state index < -0.39 is 5.97 Å². The van der Waals surface area contributed by atoms with E-state index in [1.165, 1.54) is 19.4 Å². The molecule has 0 spiro atoms. The lowest BCUT2D eigenvalue weighted by molar-refractivity contribution is 0.0697. The molecule has 1 fully saturated rings. The van der Waals surface area contributed by atoms with Gasteiger partial charge in [0, 0.05) is 24.4 Å². The first kappa shape index (κ1) is 16.9. The van der Waals surface area contributed by atoms with Crippen molar-refractivity contribution in [1.82, 2.24) is 4.90 Å². The Morgan fingerprint density at radius 2 is 1.92 bits per heavy atom. The molecular formula is C22H23NO3. The Hall–Kier alpha value is -2.59. The Morgan fingerprint density at radius 3 is 2.62 bits per heavy atom. The highest BCUT2D eigenvalue weighted by molar-refractivity contribution is 5.89. The number of fused-ring (bicyclic) bond motifs is 1. The number of benzene rings is 2. The van der Waals surface area contributed by atoms with Crippen LogP contribution in [0.4, 0.5) is 0 Å². The maximum Gasteiger partial charge on any atom is 0.335 e. The zero-order valence-electron chi connectivity index (χ0n) is 14.9. The smallest absolute Gasteiger partial charge is 0.335 e. The van der Waals surface area contributed by atoms with Gasteiger partial charge in [0.15, 0.2) is 0 Å². The predicted octanol–water partition coefficient (Wildman–Crippen LogP) is 4.82. The molecule has 4 heteroatoms. The van der Waals surface area contributed by atoms with Gasteiger partial charge >= 0.3 is 5.97 Å². The number of likely N-dealkylation sites (tertiary alicyclic amines) is 1. The normalized spacial score (nSPS) is 17.8. The molecule has 0 amide bonds. The minimum atomic E-state index is -0.904. The summed E-state index contributed by atoms with van der Waals surface area (Å²) in [7, 11) is 0. The average molecular weight is 349 g/mol. The van der Waals surface area contributed by atoms with Gasteiger partial charge in [-0.15, -0.1) is 0 Å². The van der Waals surface area contributed by atoms with Crippen LogP contribution in [0, 0.1) is 0 Å². The summed E-state index contributed by atoms with van der Waals surface area (Å²) in [5.74, 6) is 0.122. The van der Waals surface area contributed by atoms with Gasteiger partial charge in [0.25, 0.3) is 0 Å². The van der Waals surface area contributed by atoms with Crippen LogP contribution in [0.1, 0.15) is 35.9 Å². The van der Waals surface area contributed by atoms with Crippen LogP contribution in [0.25, 0.3) is 22.1 Å². The van der Waals surface area contributed by atoms with Crippen molar-refractivity contribution in [2.75, 3.05) is 13.1 Å². The van der Waals surface area contributed by atoms with Crippen molar-refractivity contribution in [2.24, 2.45) is 0 Å². The van der Waals surface area contributed by atoms with Crippen LogP contribution in [-0.4, -0.2) is 35.1 Å². The molecule has 134 valence electrons. The SMILES string of the molecule is CC1CCCN1CCc1cc2cc(-c3ccc(C(=O)O)cc3)ccc2o1. The van der Waals surface area contributed by atoms with E-state index in [-0.39, 0.29) is 0 Å². The summed E-state index contributed by atoms with van der Waals surface area (Å²) < 4.78 is 6.00. The molecule has 1 unspecified atom stereocenters. The lowest BCUT2D eigenvalue weighted by atomic mass is 10.0. The van der Waals surface area contributed by atoms with Gasteiger partial charge in [0.05, 0.1) is 5.56 Å². The van der Waals surface area contributed by atoms with Crippen LogP contribution in [0.5, 0.6) is 0 Å². The summed E-state index contributed by atoms with van der Waals surface area (Å²) in [5, 5.41) is 10.1. The van der Waals surface area contributed by atoms with Crippen molar-refractivity contribution >= 4 is 16.9 Å². The molecule has 1 aromatic heterocycles. The Labute approximate surface area is 153 Å². The van der Waals surface area contributed by atoms with Crippen molar-refractivity contribution < 1.29 is 14.3 Å². The fourth-order valence-corrected chi connectivity index (χ4v) is 3.79. The summed E-state index contributed by atoms with van der Waals surface area (Å²) >= 11 is 0. The predicted molar refractivity (Wildman–Crippen MR) is 103 cm³/mol. The zero-order chi connectivity index (χ0) is 18.1. The second kappa shape index (κ2) is 6.96. The molecule has 0 radical (unpaired) electrons. The highest BCUT2D eigenvalue weighted by Gasteiger charge is 2.20. The summed E-state index contributed by atoms with van der Waals surface area (Å²) in [5.41, 5.74) is 3.28. The quantitative estimate of drug-likeness (QED) is 0.717. The van der Waals surface area contributed by atoms with Gasteiger partial charge < -0.3 is 14.4 Å².